The highest BCUT2D eigenvalue weighted by Gasteiger charge is 2.28. The molecule has 0 aliphatic rings. The van der Waals surface area contributed by atoms with Crippen LogP contribution < -0.4 is 0 Å². The topological polar surface area (TPSA) is 94.9 Å². The minimum Gasteiger partial charge on any atom is -0.481 e. The Kier molecular flexibility index (Phi) is 8.57. The van der Waals surface area contributed by atoms with E-state index in [1.165, 1.54) is 4.90 Å². The molecular formula is C13H23NO5. The molecule has 0 heterocycles. The Morgan fingerprint density at radius 3 is 2.11 bits per heavy atom. The first kappa shape index (κ1) is 17.4. The first-order chi connectivity index (χ1) is 8.93. The Morgan fingerprint density at radius 1 is 1.05 bits per heavy atom. The van der Waals surface area contributed by atoms with Gasteiger partial charge >= 0.3 is 11.9 Å². The van der Waals surface area contributed by atoms with E-state index in [1.54, 1.807) is 6.92 Å². The Hall–Kier alpha value is -1.59. The van der Waals surface area contributed by atoms with Gasteiger partial charge in [0.15, 0.2) is 0 Å². The number of rotatable bonds is 10. The van der Waals surface area contributed by atoms with Gasteiger partial charge in [0.1, 0.15) is 6.04 Å². The normalized spacial score (nSPS) is 11.9. The summed E-state index contributed by atoms with van der Waals surface area (Å²) in [6.45, 7) is 4.00. The second-order valence-electron chi connectivity index (χ2n) is 4.42. The summed E-state index contributed by atoms with van der Waals surface area (Å²) in [4.78, 5) is 34.9. The van der Waals surface area contributed by atoms with Crippen LogP contribution in [0.15, 0.2) is 0 Å². The van der Waals surface area contributed by atoms with E-state index in [0.717, 1.165) is 19.3 Å². The summed E-state index contributed by atoms with van der Waals surface area (Å²) in [7, 11) is 0. The van der Waals surface area contributed by atoms with E-state index in [-0.39, 0.29) is 25.3 Å². The monoisotopic (exact) mass is 273 g/mol. The lowest BCUT2D eigenvalue weighted by atomic mass is 10.1. The summed E-state index contributed by atoms with van der Waals surface area (Å²) in [5, 5.41) is 17.7. The van der Waals surface area contributed by atoms with E-state index >= 15 is 0 Å². The Labute approximate surface area is 113 Å². The third-order valence-electron chi connectivity index (χ3n) is 2.95. The maximum Gasteiger partial charge on any atom is 0.326 e. The van der Waals surface area contributed by atoms with Gasteiger partial charge in [0, 0.05) is 19.4 Å². The molecule has 2 N–H and O–H groups in total. The molecule has 6 heteroatoms. The number of likely N-dealkylation sites (N-methyl/N-ethyl adjacent to an activating group) is 1. The predicted octanol–water partition coefficient (Wildman–Crippen LogP) is 1.73. The third-order valence-corrected chi connectivity index (χ3v) is 2.95. The van der Waals surface area contributed by atoms with E-state index in [9.17, 15) is 14.4 Å². The van der Waals surface area contributed by atoms with Crippen LogP contribution in [0.2, 0.25) is 0 Å². The van der Waals surface area contributed by atoms with E-state index in [4.69, 9.17) is 10.2 Å². The van der Waals surface area contributed by atoms with Gasteiger partial charge in [-0.15, -0.1) is 0 Å². The van der Waals surface area contributed by atoms with Gasteiger partial charge in [-0.3, -0.25) is 9.59 Å². The zero-order valence-corrected chi connectivity index (χ0v) is 11.6. The van der Waals surface area contributed by atoms with Crippen LogP contribution in [-0.2, 0) is 14.4 Å². The lowest BCUT2D eigenvalue weighted by molar-refractivity contribution is -0.151. The molecule has 0 spiro atoms. The summed E-state index contributed by atoms with van der Waals surface area (Å²) in [5.41, 5.74) is 0. The van der Waals surface area contributed by atoms with Crippen LogP contribution in [0.1, 0.15) is 52.4 Å². The van der Waals surface area contributed by atoms with Crippen LogP contribution >= 0.6 is 0 Å². The Bertz CT molecular complexity index is 316. The van der Waals surface area contributed by atoms with Crippen LogP contribution in [0.5, 0.6) is 0 Å². The number of carboxylic acid groups (broad SMARTS) is 2. The number of carboxylic acids is 2. The van der Waals surface area contributed by atoms with E-state index in [2.05, 4.69) is 0 Å². The number of carbonyl (C=O) groups excluding carboxylic acids is 1. The predicted molar refractivity (Wildman–Crippen MR) is 69.8 cm³/mol. The van der Waals surface area contributed by atoms with Gasteiger partial charge in [-0.25, -0.2) is 4.79 Å². The molecule has 0 aliphatic carbocycles. The molecule has 110 valence electrons. The molecule has 0 aliphatic heterocycles. The summed E-state index contributed by atoms with van der Waals surface area (Å²) in [6.07, 6.45) is 2.65. The van der Waals surface area contributed by atoms with Gasteiger partial charge in [0.2, 0.25) is 5.91 Å². The van der Waals surface area contributed by atoms with Crippen molar-refractivity contribution in [1.82, 2.24) is 4.90 Å². The molecule has 1 unspecified atom stereocenters. The van der Waals surface area contributed by atoms with Crippen LogP contribution in [0.4, 0.5) is 0 Å². The third kappa shape index (κ3) is 6.79. The van der Waals surface area contributed by atoms with E-state index < -0.39 is 18.0 Å². The van der Waals surface area contributed by atoms with Gasteiger partial charge in [-0.1, -0.05) is 19.8 Å². The summed E-state index contributed by atoms with van der Waals surface area (Å²) >= 11 is 0. The van der Waals surface area contributed by atoms with Crippen molar-refractivity contribution in [3.05, 3.63) is 0 Å². The molecule has 0 saturated carbocycles. The second-order valence-corrected chi connectivity index (χ2v) is 4.42. The van der Waals surface area contributed by atoms with Gasteiger partial charge in [0.25, 0.3) is 0 Å². The fraction of sp³-hybridized carbons (Fsp3) is 0.769. The molecule has 1 atom stereocenters. The highest BCUT2D eigenvalue weighted by Crippen LogP contribution is 2.12. The largest absolute Gasteiger partial charge is 0.481 e. The van der Waals surface area contributed by atoms with Crippen molar-refractivity contribution in [2.24, 2.45) is 0 Å². The van der Waals surface area contributed by atoms with Crippen molar-refractivity contribution in [2.45, 2.75) is 58.4 Å². The smallest absolute Gasteiger partial charge is 0.326 e. The van der Waals surface area contributed by atoms with Crippen LogP contribution in [0.3, 0.4) is 0 Å². The van der Waals surface area contributed by atoms with Crippen molar-refractivity contribution in [1.29, 1.82) is 0 Å². The average Bonchev–Trinajstić information content (AvgIpc) is 2.33. The fourth-order valence-corrected chi connectivity index (χ4v) is 1.91. The van der Waals surface area contributed by atoms with Gasteiger partial charge in [-0.2, -0.15) is 0 Å². The van der Waals surface area contributed by atoms with Crippen LogP contribution in [0, 0.1) is 0 Å². The maximum absolute atomic E-state index is 12.0. The van der Waals surface area contributed by atoms with Crippen molar-refractivity contribution in [2.75, 3.05) is 6.54 Å². The van der Waals surface area contributed by atoms with Gasteiger partial charge in [-0.05, 0) is 19.8 Å². The Morgan fingerprint density at radius 2 is 1.68 bits per heavy atom. The zero-order valence-electron chi connectivity index (χ0n) is 11.6. The van der Waals surface area contributed by atoms with Crippen molar-refractivity contribution in [3.8, 4) is 0 Å². The van der Waals surface area contributed by atoms with Crippen LogP contribution in [-0.4, -0.2) is 45.5 Å². The number of hydrogen-bond donors (Lipinski definition) is 2. The number of nitrogens with zero attached hydrogens (tertiary/aromatic N) is 1. The highest BCUT2D eigenvalue weighted by molar-refractivity contribution is 5.84. The van der Waals surface area contributed by atoms with Gasteiger partial charge in [0.05, 0.1) is 0 Å². The lowest BCUT2D eigenvalue weighted by Crippen LogP contribution is -2.45. The first-order valence-corrected chi connectivity index (χ1v) is 6.68. The Balaban J connectivity index is 4.59. The number of amides is 1. The molecule has 0 aromatic heterocycles. The molecule has 19 heavy (non-hydrogen) atoms. The molecule has 6 nitrogen and oxygen atoms in total. The lowest BCUT2D eigenvalue weighted by Gasteiger charge is -2.27. The number of aliphatic carboxylic acids is 2. The summed E-state index contributed by atoms with van der Waals surface area (Å²) in [5.74, 6) is -2.42. The average molecular weight is 273 g/mol. The van der Waals surface area contributed by atoms with Crippen molar-refractivity contribution < 1.29 is 24.6 Å². The molecule has 0 bridgehead atoms. The van der Waals surface area contributed by atoms with E-state index in [1.807, 2.05) is 6.92 Å². The molecule has 0 saturated heterocycles. The zero-order chi connectivity index (χ0) is 14.8. The SMILES string of the molecule is CCCCCC(=O)N(CC)C(CCC(=O)O)C(=O)O. The molecule has 0 rings (SSSR count). The first-order valence-electron chi connectivity index (χ1n) is 6.68. The fourth-order valence-electron chi connectivity index (χ4n) is 1.91. The van der Waals surface area contributed by atoms with Gasteiger partial charge < -0.3 is 15.1 Å². The quantitative estimate of drug-likeness (QED) is 0.591. The van der Waals surface area contributed by atoms with Crippen LogP contribution in [0.25, 0.3) is 0 Å². The molecule has 1 amide bonds. The minimum atomic E-state index is -1.15. The standard InChI is InChI=1S/C13H23NO5/c1-3-5-6-7-11(15)14(4-2)10(13(18)19)8-9-12(16)17/h10H,3-9H2,1-2H3,(H,16,17)(H,18,19). The maximum atomic E-state index is 12.0. The van der Waals surface area contributed by atoms with E-state index in [0.29, 0.717) is 6.42 Å². The molecule has 0 fully saturated rings. The van der Waals surface area contributed by atoms with Crippen molar-refractivity contribution in [3.63, 3.8) is 0 Å². The summed E-state index contributed by atoms with van der Waals surface area (Å²) < 4.78 is 0. The second kappa shape index (κ2) is 9.35. The highest BCUT2D eigenvalue weighted by atomic mass is 16.4. The molecule has 0 radical (unpaired) electrons. The number of unbranched alkanes of at least 4 members (excludes halogenated alkanes) is 2. The molecule has 0 aromatic carbocycles. The van der Waals surface area contributed by atoms with Crippen molar-refractivity contribution >= 4 is 17.8 Å². The minimum absolute atomic E-state index is 0.0575. The summed E-state index contributed by atoms with van der Waals surface area (Å²) in [6, 6.07) is -1.05. The number of carbonyl (C=O) groups is 3. The molecular weight excluding hydrogens is 250 g/mol. The molecule has 0 aromatic rings. The number of hydrogen-bond acceptors (Lipinski definition) is 3.